The van der Waals surface area contributed by atoms with Crippen LogP contribution in [0.25, 0.3) is 0 Å². The Morgan fingerprint density at radius 2 is 1.71 bits per heavy atom. The molecule has 2 rings (SSSR count). The van der Waals surface area contributed by atoms with Gasteiger partial charge in [-0.1, -0.05) is 36.2 Å². The molecule has 0 radical (unpaired) electrons. The van der Waals surface area contributed by atoms with Crippen LogP contribution in [0.1, 0.15) is 41.2 Å². The first-order valence-corrected chi connectivity index (χ1v) is 7.66. The van der Waals surface area contributed by atoms with Crippen molar-refractivity contribution in [2.45, 2.75) is 33.1 Å². The van der Waals surface area contributed by atoms with Gasteiger partial charge < -0.3 is 5.73 Å². The van der Waals surface area contributed by atoms with Crippen LogP contribution in [0.5, 0.6) is 0 Å². The number of nitrogens with zero attached hydrogens (tertiary/aromatic N) is 2. The summed E-state index contributed by atoms with van der Waals surface area (Å²) >= 11 is 12.0. The van der Waals surface area contributed by atoms with Gasteiger partial charge in [-0.25, -0.2) is 9.97 Å². The van der Waals surface area contributed by atoms with Gasteiger partial charge in [0.15, 0.2) is 0 Å². The Labute approximate surface area is 135 Å². The summed E-state index contributed by atoms with van der Waals surface area (Å²) in [5, 5.41) is 1.11. The quantitative estimate of drug-likeness (QED) is 0.923. The summed E-state index contributed by atoms with van der Waals surface area (Å²) in [6, 6.07) is 5.59. The Hall–Kier alpha value is -1.16. The molecule has 1 atom stereocenters. The summed E-state index contributed by atoms with van der Waals surface area (Å²) in [6.07, 6.45) is 0.635. The van der Waals surface area contributed by atoms with Crippen molar-refractivity contribution in [2.75, 3.05) is 6.54 Å². The SMILES string of the molecule is Cc1nc(Cc2ccc(Cl)c(Cl)c2)nc(C)c1C(C)CN. The maximum atomic E-state index is 6.04. The fourth-order valence-electron chi connectivity index (χ4n) is 2.54. The second-order valence-corrected chi connectivity index (χ2v) is 6.10. The number of nitrogens with two attached hydrogens (primary N) is 1. The van der Waals surface area contributed by atoms with Crippen LogP contribution in [-0.2, 0) is 6.42 Å². The Bertz CT molecular complexity index is 633. The molecule has 0 aliphatic rings. The lowest BCUT2D eigenvalue weighted by molar-refractivity contribution is 0.733. The molecule has 0 aliphatic heterocycles. The lowest BCUT2D eigenvalue weighted by Gasteiger charge is -2.15. The molecule has 0 amide bonds. The predicted octanol–water partition coefficient (Wildman–Crippen LogP) is 4.05. The van der Waals surface area contributed by atoms with Crippen LogP contribution in [0, 0.1) is 13.8 Å². The van der Waals surface area contributed by atoms with E-state index in [0.717, 1.165) is 28.3 Å². The lowest BCUT2D eigenvalue weighted by atomic mass is 9.98. The van der Waals surface area contributed by atoms with Crippen molar-refractivity contribution in [3.63, 3.8) is 0 Å². The molecule has 112 valence electrons. The molecule has 0 spiro atoms. The van der Waals surface area contributed by atoms with E-state index in [0.29, 0.717) is 23.0 Å². The van der Waals surface area contributed by atoms with Crippen molar-refractivity contribution >= 4 is 23.2 Å². The number of hydrogen-bond donors (Lipinski definition) is 1. The van der Waals surface area contributed by atoms with Gasteiger partial charge in [0.25, 0.3) is 0 Å². The molecule has 1 aromatic heterocycles. The minimum Gasteiger partial charge on any atom is -0.330 e. The monoisotopic (exact) mass is 323 g/mol. The first kappa shape index (κ1) is 16.2. The second kappa shape index (κ2) is 6.73. The highest BCUT2D eigenvalue weighted by atomic mass is 35.5. The van der Waals surface area contributed by atoms with Crippen molar-refractivity contribution < 1.29 is 0 Å². The van der Waals surface area contributed by atoms with Crippen LogP contribution < -0.4 is 5.73 Å². The third kappa shape index (κ3) is 3.73. The van der Waals surface area contributed by atoms with Gasteiger partial charge in [0, 0.05) is 17.8 Å². The Kier molecular flexibility index (Phi) is 5.20. The largest absolute Gasteiger partial charge is 0.330 e. The van der Waals surface area contributed by atoms with E-state index in [4.69, 9.17) is 28.9 Å². The van der Waals surface area contributed by atoms with E-state index in [1.165, 1.54) is 0 Å². The minimum atomic E-state index is 0.268. The third-order valence-corrected chi connectivity index (χ3v) is 4.30. The van der Waals surface area contributed by atoms with Gasteiger partial charge in [-0.15, -0.1) is 0 Å². The topological polar surface area (TPSA) is 51.8 Å². The molecule has 3 nitrogen and oxygen atoms in total. The zero-order chi connectivity index (χ0) is 15.6. The van der Waals surface area contributed by atoms with Crippen molar-refractivity contribution in [1.82, 2.24) is 9.97 Å². The number of rotatable bonds is 4. The first-order chi connectivity index (χ1) is 9.92. The van der Waals surface area contributed by atoms with Gasteiger partial charge in [-0.05, 0) is 49.6 Å². The van der Waals surface area contributed by atoms with Crippen molar-refractivity contribution in [2.24, 2.45) is 5.73 Å². The number of hydrogen-bond acceptors (Lipinski definition) is 3. The summed E-state index contributed by atoms with van der Waals surface area (Å²) in [5.41, 5.74) is 9.94. The zero-order valence-electron chi connectivity index (χ0n) is 12.5. The highest BCUT2D eigenvalue weighted by molar-refractivity contribution is 6.42. The molecule has 0 bridgehead atoms. The smallest absolute Gasteiger partial charge is 0.133 e. The molecule has 1 unspecified atom stereocenters. The maximum absolute atomic E-state index is 6.04. The van der Waals surface area contributed by atoms with E-state index in [2.05, 4.69) is 16.9 Å². The summed E-state index contributed by atoms with van der Waals surface area (Å²) in [6.45, 7) is 6.71. The summed E-state index contributed by atoms with van der Waals surface area (Å²) in [5.74, 6) is 1.06. The van der Waals surface area contributed by atoms with Crippen LogP contribution in [0.15, 0.2) is 18.2 Å². The van der Waals surface area contributed by atoms with Crippen LogP contribution in [-0.4, -0.2) is 16.5 Å². The highest BCUT2D eigenvalue weighted by Crippen LogP contribution is 2.24. The van der Waals surface area contributed by atoms with E-state index in [9.17, 15) is 0 Å². The molecule has 2 aromatic rings. The van der Waals surface area contributed by atoms with Crippen LogP contribution >= 0.6 is 23.2 Å². The molecule has 5 heteroatoms. The normalized spacial score (nSPS) is 12.5. The summed E-state index contributed by atoms with van der Waals surface area (Å²) < 4.78 is 0. The highest BCUT2D eigenvalue weighted by Gasteiger charge is 2.14. The maximum Gasteiger partial charge on any atom is 0.133 e. The lowest BCUT2D eigenvalue weighted by Crippen LogP contribution is -2.15. The van der Waals surface area contributed by atoms with E-state index in [1.807, 2.05) is 26.0 Å². The molecule has 2 N–H and O–H groups in total. The third-order valence-electron chi connectivity index (χ3n) is 3.57. The molecule has 0 fully saturated rings. The van der Waals surface area contributed by atoms with Gasteiger partial charge >= 0.3 is 0 Å². The van der Waals surface area contributed by atoms with Crippen LogP contribution in [0.4, 0.5) is 0 Å². The van der Waals surface area contributed by atoms with E-state index in [1.54, 1.807) is 6.07 Å². The Morgan fingerprint density at radius 3 is 2.24 bits per heavy atom. The predicted molar refractivity (Wildman–Crippen MR) is 88.2 cm³/mol. The summed E-state index contributed by atoms with van der Waals surface area (Å²) in [7, 11) is 0. The molecule has 1 aromatic carbocycles. The van der Waals surface area contributed by atoms with Gasteiger partial charge in [0.05, 0.1) is 10.0 Å². The fourth-order valence-corrected chi connectivity index (χ4v) is 2.86. The summed E-state index contributed by atoms with van der Waals surface area (Å²) in [4.78, 5) is 9.22. The first-order valence-electron chi connectivity index (χ1n) is 6.90. The molecular formula is C16H19Cl2N3. The van der Waals surface area contributed by atoms with Crippen LogP contribution in [0.2, 0.25) is 10.0 Å². The molecule has 0 saturated carbocycles. The average molecular weight is 324 g/mol. The number of aryl methyl sites for hydroxylation is 2. The van der Waals surface area contributed by atoms with Gasteiger partial charge in [-0.3, -0.25) is 0 Å². The molecule has 0 aliphatic carbocycles. The molecule has 1 heterocycles. The second-order valence-electron chi connectivity index (χ2n) is 5.29. The molecule has 0 saturated heterocycles. The number of halogens is 2. The minimum absolute atomic E-state index is 0.268. The van der Waals surface area contributed by atoms with Gasteiger partial charge in [-0.2, -0.15) is 0 Å². The van der Waals surface area contributed by atoms with Gasteiger partial charge in [0.2, 0.25) is 0 Å². The van der Waals surface area contributed by atoms with E-state index in [-0.39, 0.29) is 5.92 Å². The van der Waals surface area contributed by atoms with Gasteiger partial charge in [0.1, 0.15) is 5.82 Å². The van der Waals surface area contributed by atoms with E-state index >= 15 is 0 Å². The fraction of sp³-hybridized carbons (Fsp3) is 0.375. The molecular weight excluding hydrogens is 305 g/mol. The van der Waals surface area contributed by atoms with Crippen molar-refractivity contribution in [3.05, 3.63) is 56.6 Å². The van der Waals surface area contributed by atoms with E-state index < -0.39 is 0 Å². The zero-order valence-corrected chi connectivity index (χ0v) is 14.0. The average Bonchev–Trinajstić information content (AvgIpc) is 2.42. The molecule has 21 heavy (non-hydrogen) atoms. The van der Waals surface area contributed by atoms with Crippen molar-refractivity contribution in [1.29, 1.82) is 0 Å². The Morgan fingerprint density at radius 1 is 1.10 bits per heavy atom. The van der Waals surface area contributed by atoms with Crippen molar-refractivity contribution in [3.8, 4) is 0 Å². The standard InChI is InChI=1S/C16H19Cl2N3/c1-9(8-19)16-10(2)20-15(21-11(16)3)7-12-4-5-13(17)14(18)6-12/h4-6,9H,7-8,19H2,1-3H3. The van der Waals surface area contributed by atoms with Crippen LogP contribution in [0.3, 0.4) is 0 Å². The number of benzene rings is 1. The number of aromatic nitrogens is 2. The Balaban J connectivity index is 2.31.